The smallest absolute Gasteiger partial charge is 0.168 e. The Morgan fingerprint density at radius 1 is 1.04 bits per heavy atom. The quantitative estimate of drug-likeness (QED) is 0.602. The van der Waals surface area contributed by atoms with E-state index in [9.17, 15) is 4.79 Å². The molecule has 0 bridgehead atoms. The lowest BCUT2D eigenvalue weighted by atomic mass is 9.84. The molecule has 2 aromatic carbocycles. The lowest BCUT2D eigenvalue weighted by molar-refractivity contribution is 0.0891. The molecule has 4 rings (SSSR count). The number of nitriles is 1. The van der Waals surface area contributed by atoms with E-state index in [4.69, 9.17) is 5.26 Å². The molecule has 130 valence electrons. The van der Waals surface area contributed by atoms with Gasteiger partial charge in [0.2, 0.25) is 0 Å². The topological polar surface area (TPSA) is 45.8 Å². The molecular formula is C23H22N2O. The first-order valence-electron chi connectivity index (χ1n) is 9.37. The molecule has 1 saturated carbocycles. The van der Waals surface area contributed by atoms with Crippen molar-refractivity contribution < 1.29 is 4.79 Å². The number of hydrogen-bond donors (Lipinski definition) is 0. The summed E-state index contributed by atoms with van der Waals surface area (Å²) >= 11 is 0. The number of carbonyl (C=O) groups is 1. The van der Waals surface area contributed by atoms with Crippen LogP contribution in [0.3, 0.4) is 0 Å². The monoisotopic (exact) mass is 342 g/mol. The number of carbonyl (C=O) groups excluding carboxylic acids is 1. The molecule has 0 spiro atoms. The number of nitrogens with zero attached hydrogens (tertiary/aromatic N) is 2. The van der Waals surface area contributed by atoms with E-state index in [1.165, 1.54) is 19.3 Å². The summed E-state index contributed by atoms with van der Waals surface area (Å²) < 4.78 is 2.16. The second-order valence-corrected chi connectivity index (χ2v) is 7.20. The summed E-state index contributed by atoms with van der Waals surface area (Å²) in [5, 5.41) is 10.0. The third-order valence-electron chi connectivity index (χ3n) is 5.47. The highest BCUT2D eigenvalue weighted by atomic mass is 16.1. The van der Waals surface area contributed by atoms with Crippen LogP contribution in [-0.2, 0) is 6.54 Å². The molecule has 1 fully saturated rings. The second-order valence-electron chi connectivity index (χ2n) is 7.20. The van der Waals surface area contributed by atoms with Crippen LogP contribution in [-0.4, -0.2) is 10.4 Å². The van der Waals surface area contributed by atoms with Crippen molar-refractivity contribution in [2.75, 3.05) is 0 Å². The number of fused-ring (bicyclic) bond motifs is 1. The van der Waals surface area contributed by atoms with Gasteiger partial charge in [0.25, 0.3) is 0 Å². The minimum atomic E-state index is 0.179. The summed E-state index contributed by atoms with van der Waals surface area (Å²) in [5.41, 5.74) is 3.75. The van der Waals surface area contributed by atoms with E-state index in [1.54, 1.807) is 0 Å². The first-order valence-corrected chi connectivity index (χ1v) is 9.37. The highest BCUT2D eigenvalue weighted by Gasteiger charge is 2.25. The lowest BCUT2D eigenvalue weighted by Crippen LogP contribution is -2.17. The SMILES string of the molecule is N#Cc1ccc(Cn2cc(C(=O)C3CCCCC3)c3ccccc32)cc1. The molecule has 0 amide bonds. The fraction of sp³-hybridized carbons (Fsp3) is 0.304. The van der Waals surface area contributed by atoms with Gasteiger partial charge < -0.3 is 4.57 Å². The molecule has 0 N–H and O–H groups in total. The molecule has 0 saturated heterocycles. The van der Waals surface area contributed by atoms with E-state index in [-0.39, 0.29) is 5.92 Å². The van der Waals surface area contributed by atoms with Crippen molar-refractivity contribution in [2.45, 2.75) is 38.6 Å². The van der Waals surface area contributed by atoms with Crippen molar-refractivity contribution in [3.63, 3.8) is 0 Å². The molecule has 0 aliphatic heterocycles. The highest BCUT2D eigenvalue weighted by Crippen LogP contribution is 2.31. The molecule has 3 aromatic rings. The van der Waals surface area contributed by atoms with Crippen molar-refractivity contribution >= 4 is 16.7 Å². The van der Waals surface area contributed by atoms with Gasteiger partial charge in [-0.25, -0.2) is 0 Å². The fourth-order valence-electron chi connectivity index (χ4n) is 4.04. The number of Topliss-reactive ketones (excluding diaryl/α,β-unsaturated/α-hetero) is 1. The van der Waals surface area contributed by atoms with Crippen LogP contribution in [0.1, 0.15) is 53.6 Å². The molecule has 0 radical (unpaired) electrons. The standard InChI is InChI=1S/C23H22N2O/c24-14-17-10-12-18(13-11-17)15-25-16-21(20-8-4-5-9-22(20)25)23(26)19-6-2-1-3-7-19/h4-5,8-13,16,19H,1-3,6-7,15H2. The van der Waals surface area contributed by atoms with Crippen LogP contribution in [0.2, 0.25) is 0 Å². The Morgan fingerprint density at radius 2 is 1.77 bits per heavy atom. The maximum absolute atomic E-state index is 13.1. The van der Waals surface area contributed by atoms with E-state index >= 15 is 0 Å². The molecule has 1 aliphatic rings. The predicted molar refractivity (Wildman–Crippen MR) is 103 cm³/mol. The molecule has 0 unspecified atom stereocenters. The molecule has 26 heavy (non-hydrogen) atoms. The number of hydrogen-bond acceptors (Lipinski definition) is 2. The van der Waals surface area contributed by atoms with Gasteiger partial charge in [-0.3, -0.25) is 4.79 Å². The molecule has 3 nitrogen and oxygen atoms in total. The van der Waals surface area contributed by atoms with Gasteiger partial charge >= 0.3 is 0 Å². The van der Waals surface area contributed by atoms with Gasteiger partial charge in [0.1, 0.15) is 0 Å². The van der Waals surface area contributed by atoms with Crippen molar-refractivity contribution in [3.8, 4) is 6.07 Å². The van der Waals surface area contributed by atoms with E-state index in [0.717, 1.165) is 34.9 Å². The van der Waals surface area contributed by atoms with Gasteiger partial charge in [0.15, 0.2) is 5.78 Å². The van der Waals surface area contributed by atoms with E-state index < -0.39 is 0 Å². The fourth-order valence-corrected chi connectivity index (χ4v) is 4.04. The highest BCUT2D eigenvalue weighted by molar-refractivity contribution is 6.09. The Labute approximate surface area is 153 Å². The summed E-state index contributed by atoms with van der Waals surface area (Å²) in [6, 6.07) is 18.0. The summed E-state index contributed by atoms with van der Waals surface area (Å²) in [6.45, 7) is 0.699. The van der Waals surface area contributed by atoms with Crippen LogP contribution in [0.15, 0.2) is 54.7 Å². The molecule has 3 heteroatoms. The van der Waals surface area contributed by atoms with Gasteiger partial charge in [-0.15, -0.1) is 0 Å². The van der Waals surface area contributed by atoms with Crippen molar-refractivity contribution in [1.82, 2.24) is 4.57 Å². The minimum Gasteiger partial charge on any atom is -0.342 e. The van der Waals surface area contributed by atoms with Crippen LogP contribution in [0, 0.1) is 17.2 Å². The van der Waals surface area contributed by atoms with E-state index in [0.29, 0.717) is 17.9 Å². The molecular weight excluding hydrogens is 320 g/mol. The number of aromatic nitrogens is 1. The Hall–Kier alpha value is -2.86. The third kappa shape index (κ3) is 3.15. The minimum absolute atomic E-state index is 0.179. The summed E-state index contributed by atoms with van der Waals surface area (Å²) in [5.74, 6) is 0.484. The second kappa shape index (κ2) is 7.17. The van der Waals surface area contributed by atoms with Gasteiger partial charge in [0.05, 0.1) is 11.6 Å². The molecule has 1 aliphatic carbocycles. The number of benzene rings is 2. The number of rotatable bonds is 4. The Balaban J connectivity index is 1.69. The predicted octanol–water partition coefficient (Wildman–Crippen LogP) is 5.32. The summed E-state index contributed by atoms with van der Waals surface area (Å²) in [7, 11) is 0. The summed E-state index contributed by atoms with van der Waals surface area (Å²) in [4.78, 5) is 13.1. The Bertz CT molecular complexity index is 970. The van der Waals surface area contributed by atoms with Crippen molar-refractivity contribution in [2.24, 2.45) is 5.92 Å². The van der Waals surface area contributed by atoms with Gasteiger partial charge in [-0.05, 0) is 36.6 Å². The van der Waals surface area contributed by atoms with Crippen LogP contribution in [0.5, 0.6) is 0 Å². The van der Waals surface area contributed by atoms with Crippen LogP contribution in [0.4, 0.5) is 0 Å². The lowest BCUT2D eigenvalue weighted by Gasteiger charge is -2.19. The molecule has 1 heterocycles. The van der Waals surface area contributed by atoms with Gasteiger partial charge in [-0.1, -0.05) is 49.6 Å². The van der Waals surface area contributed by atoms with Gasteiger partial charge in [0, 0.05) is 35.1 Å². The zero-order valence-electron chi connectivity index (χ0n) is 14.8. The van der Waals surface area contributed by atoms with E-state index in [2.05, 4.69) is 22.8 Å². The average Bonchev–Trinajstić information content (AvgIpc) is 3.07. The normalized spacial score (nSPS) is 15.0. The zero-order chi connectivity index (χ0) is 17.9. The molecule has 0 atom stereocenters. The van der Waals surface area contributed by atoms with Crippen LogP contribution >= 0.6 is 0 Å². The van der Waals surface area contributed by atoms with Crippen LogP contribution in [0.25, 0.3) is 10.9 Å². The van der Waals surface area contributed by atoms with Gasteiger partial charge in [-0.2, -0.15) is 5.26 Å². The zero-order valence-corrected chi connectivity index (χ0v) is 14.8. The Kier molecular flexibility index (Phi) is 4.58. The first kappa shape index (κ1) is 16.6. The first-order chi connectivity index (χ1) is 12.8. The van der Waals surface area contributed by atoms with E-state index in [1.807, 2.05) is 42.6 Å². The summed E-state index contributed by atoms with van der Waals surface area (Å²) in [6.07, 6.45) is 7.66. The largest absolute Gasteiger partial charge is 0.342 e. The number of para-hydroxylation sites is 1. The molecule has 1 aromatic heterocycles. The Morgan fingerprint density at radius 3 is 2.50 bits per heavy atom. The van der Waals surface area contributed by atoms with Crippen molar-refractivity contribution in [3.05, 3.63) is 71.4 Å². The van der Waals surface area contributed by atoms with Crippen molar-refractivity contribution in [1.29, 1.82) is 5.26 Å². The maximum Gasteiger partial charge on any atom is 0.168 e. The average molecular weight is 342 g/mol. The maximum atomic E-state index is 13.1. The third-order valence-corrected chi connectivity index (χ3v) is 5.47. The number of ketones is 1. The van der Waals surface area contributed by atoms with Crippen LogP contribution < -0.4 is 0 Å².